The summed E-state index contributed by atoms with van der Waals surface area (Å²) < 4.78 is 2.16. The standard InChI is InChI=1S/C15H11N3/c1-18-8-10-6-7-12-15(17-9-16-12)14(10)11-4-2-3-5-13(11)18/h2-9H,1H3/p+1. The molecule has 0 aliphatic rings. The molecule has 4 aromatic rings. The number of pyridine rings is 1. The van der Waals surface area contributed by atoms with Gasteiger partial charge in [0.2, 0.25) is 5.52 Å². The average molecular weight is 234 g/mol. The molecule has 1 N–H and O–H groups in total. The highest BCUT2D eigenvalue weighted by molar-refractivity contribution is 6.16. The van der Waals surface area contributed by atoms with Crippen LogP contribution in [0.4, 0.5) is 0 Å². The Morgan fingerprint density at radius 2 is 2.00 bits per heavy atom. The van der Waals surface area contributed by atoms with E-state index >= 15 is 0 Å². The zero-order valence-electron chi connectivity index (χ0n) is 10.0. The number of nitrogens with zero attached hydrogens (tertiary/aromatic N) is 2. The molecule has 2 aromatic carbocycles. The normalized spacial score (nSPS) is 11.6. The van der Waals surface area contributed by atoms with E-state index in [1.54, 1.807) is 6.33 Å². The molecule has 0 bridgehead atoms. The van der Waals surface area contributed by atoms with E-state index in [9.17, 15) is 0 Å². The molecule has 0 saturated heterocycles. The zero-order chi connectivity index (χ0) is 12.1. The third kappa shape index (κ3) is 1.13. The van der Waals surface area contributed by atoms with E-state index in [0.29, 0.717) is 0 Å². The van der Waals surface area contributed by atoms with Crippen molar-refractivity contribution >= 4 is 32.7 Å². The van der Waals surface area contributed by atoms with Crippen molar-refractivity contribution in [2.24, 2.45) is 7.05 Å². The van der Waals surface area contributed by atoms with Crippen LogP contribution in [0.1, 0.15) is 0 Å². The van der Waals surface area contributed by atoms with Gasteiger partial charge in [-0.15, -0.1) is 0 Å². The summed E-state index contributed by atoms with van der Waals surface area (Å²) in [6.07, 6.45) is 3.91. The summed E-state index contributed by atoms with van der Waals surface area (Å²) in [4.78, 5) is 7.63. The van der Waals surface area contributed by atoms with Gasteiger partial charge in [0.25, 0.3) is 0 Å². The number of H-pyrrole nitrogens is 1. The van der Waals surface area contributed by atoms with Crippen LogP contribution in [0.25, 0.3) is 32.7 Å². The first-order chi connectivity index (χ1) is 8.84. The first kappa shape index (κ1) is 9.59. The number of rotatable bonds is 0. The Labute approximate surface area is 104 Å². The number of nitrogens with one attached hydrogen (secondary N) is 1. The molecule has 0 aliphatic carbocycles. The third-order valence-electron chi connectivity index (χ3n) is 3.51. The molecule has 2 heterocycles. The molecule has 0 unspecified atom stereocenters. The number of imidazole rings is 1. The monoisotopic (exact) mass is 234 g/mol. The lowest BCUT2D eigenvalue weighted by Crippen LogP contribution is -2.28. The fraction of sp³-hybridized carbons (Fsp3) is 0.0667. The summed E-state index contributed by atoms with van der Waals surface area (Å²) in [5.74, 6) is 0. The molecule has 0 spiro atoms. The number of fused-ring (bicyclic) bond motifs is 5. The van der Waals surface area contributed by atoms with Gasteiger partial charge in [-0.1, -0.05) is 12.1 Å². The van der Waals surface area contributed by atoms with E-state index in [4.69, 9.17) is 0 Å². The lowest BCUT2D eigenvalue weighted by atomic mass is 10.0. The van der Waals surface area contributed by atoms with Crippen LogP contribution >= 0.6 is 0 Å². The summed E-state index contributed by atoms with van der Waals surface area (Å²) in [5.41, 5.74) is 3.35. The van der Waals surface area contributed by atoms with Crippen LogP contribution in [0.3, 0.4) is 0 Å². The lowest BCUT2D eigenvalue weighted by Gasteiger charge is -2.03. The molecule has 2 aromatic heterocycles. The van der Waals surface area contributed by atoms with Gasteiger partial charge in [-0.2, -0.15) is 0 Å². The molecule has 3 nitrogen and oxygen atoms in total. The van der Waals surface area contributed by atoms with E-state index in [1.807, 2.05) is 0 Å². The summed E-state index contributed by atoms with van der Waals surface area (Å²) in [5, 5.41) is 3.69. The number of hydrogen-bond acceptors (Lipinski definition) is 1. The third-order valence-corrected chi connectivity index (χ3v) is 3.51. The largest absolute Gasteiger partial charge is 0.345 e. The van der Waals surface area contributed by atoms with Crippen LogP contribution in [0.2, 0.25) is 0 Å². The van der Waals surface area contributed by atoms with Crippen molar-refractivity contribution in [1.82, 2.24) is 9.97 Å². The molecule has 4 rings (SSSR count). The van der Waals surface area contributed by atoms with Crippen LogP contribution < -0.4 is 4.57 Å². The van der Waals surface area contributed by atoms with Gasteiger partial charge in [-0.3, -0.25) is 0 Å². The Morgan fingerprint density at radius 3 is 2.94 bits per heavy atom. The van der Waals surface area contributed by atoms with Crippen molar-refractivity contribution in [3.8, 4) is 0 Å². The van der Waals surface area contributed by atoms with Gasteiger partial charge in [-0.25, -0.2) is 9.55 Å². The molecule has 0 amide bonds. The lowest BCUT2D eigenvalue weighted by molar-refractivity contribution is -0.643. The maximum atomic E-state index is 4.46. The van der Waals surface area contributed by atoms with E-state index < -0.39 is 0 Å². The fourth-order valence-corrected chi connectivity index (χ4v) is 2.69. The first-order valence-corrected chi connectivity index (χ1v) is 5.98. The molecule has 0 fully saturated rings. The molecule has 18 heavy (non-hydrogen) atoms. The molecule has 86 valence electrons. The molecular weight excluding hydrogens is 222 g/mol. The Balaban J connectivity index is 2.41. The van der Waals surface area contributed by atoms with Crippen molar-refractivity contribution in [3.63, 3.8) is 0 Å². The maximum absolute atomic E-state index is 4.46. The number of para-hydroxylation sites is 1. The van der Waals surface area contributed by atoms with Gasteiger partial charge >= 0.3 is 0 Å². The van der Waals surface area contributed by atoms with Crippen molar-refractivity contribution in [1.29, 1.82) is 0 Å². The Bertz CT molecular complexity index is 890. The molecule has 0 saturated carbocycles. The average Bonchev–Trinajstić information content (AvgIpc) is 2.87. The highest BCUT2D eigenvalue weighted by Gasteiger charge is 2.13. The minimum atomic E-state index is 1.05. The van der Waals surface area contributed by atoms with Crippen molar-refractivity contribution in [2.75, 3.05) is 0 Å². The summed E-state index contributed by atoms with van der Waals surface area (Å²) >= 11 is 0. The van der Waals surface area contributed by atoms with Gasteiger partial charge in [0.05, 0.1) is 22.7 Å². The number of aromatic amines is 1. The quantitative estimate of drug-likeness (QED) is 0.368. The molecule has 3 heteroatoms. The van der Waals surface area contributed by atoms with E-state index in [2.05, 4.69) is 64.2 Å². The van der Waals surface area contributed by atoms with Crippen molar-refractivity contribution < 1.29 is 4.57 Å². The van der Waals surface area contributed by atoms with Gasteiger partial charge < -0.3 is 4.98 Å². The molecule has 0 aliphatic heterocycles. The summed E-state index contributed by atoms with van der Waals surface area (Å²) in [6.45, 7) is 0. The number of aryl methyl sites for hydroxylation is 1. The van der Waals surface area contributed by atoms with Gasteiger partial charge in [0.1, 0.15) is 7.05 Å². The molecule has 0 atom stereocenters. The minimum absolute atomic E-state index is 1.05. The number of hydrogen-bond donors (Lipinski definition) is 1. The summed E-state index contributed by atoms with van der Waals surface area (Å²) in [7, 11) is 2.08. The smallest absolute Gasteiger partial charge is 0.212 e. The second kappa shape index (κ2) is 3.29. The van der Waals surface area contributed by atoms with Crippen molar-refractivity contribution in [3.05, 3.63) is 48.9 Å². The predicted octanol–water partition coefficient (Wildman–Crippen LogP) is 2.69. The second-order valence-corrected chi connectivity index (χ2v) is 4.59. The highest BCUT2D eigenvalue weighted by atomic mass is 14.9. The topological polar surface area (TPSA) is 32.6 Å². The second-order valence-electron chi connectivity index (χ2n) is 4.59. The SMILES string of the molecule is C[n+]1cc2ccc3[nH]cnc3c2c2ccccc21. The number of benzene rings is 2. The fourth-order valence-electron chi connectivity index (χ4n) is 2.69. The van der Waals surface area contributed by atoms with Gasteiger partial charge in [0.15, 0.2) is 6.20 Å². The summed E-state index contributed by atoms with van der Waals surface area (Å²) in [6, 6.07) is 12.7. The Hall–Kier alpha value is -2.42. The molecular formula is C15H12N3+. The van der Waals surface area contributed by atoms with Crippen LogP contribution in [0.15, 0.2) is 48.9 Å². The van der Waals surface area contributed by atoms with Crippen molar-refractivity contribution in [2.45, 2.75) is 0 Å². The van der Waals surface area contributed by atoms with Gasteiger partial charge in [0, 0.05) is 16.8 Å². The van der Waals surface area contributed by atoms with Gasteiger partial charge in [-0.05, 0) is 18.2 Å². The van der Waals surface area contributed by atoms with Crippen LogP contribution in [-0.2, 0) is 7.05 Å². The Morgan fingerprint density at radius 1 is 1.11 bits per heavy atom. The van der Waals surface area contributed by atoms with Crippen LogP contribution in [0, 0.1) is 0 Å². The highest BCUT2D eigenvalue weighted by Crippen LogP contribution is 2.28. The number of aromatic nitrogens is 3. The predicted molar refractivity (Wildman–Crippen MR) is 72.3 cm³/mol. The maximum Gasteiger partial charge on any atom is 0.212 e. The van der Waals surface area contributed by atoms with Crippen LogP contribution in [0.5, 0.6) is 0 Å². The zero-order valence-corrected chi connectivity index (χ0v) is 10.0. The van der Waals surface area contributed by atoms with E-state index in [-0.39, 0.29) is 0 Å². The van der Waals surface area contributed by atoms with Crippen LogP contribution in [-0.4, -0.2) is 9.97 Å². The van der Waals surface area contributed by atoms with E-state index in [0.717, 1.165) is 11.0 Å². The Kier molecular flexibility index (Phi) is 1.75. The van der Waals surface area contributed by atoms with E-state index in [1.165, 1.54) is 21.7 Å². The molecule has 0 radical (unpaired) electrons. The first-order valence-electron chi connectivity index (χ1n) is 5.98. The minimum Gasteiger partial charge on any atom is -0.345 e.